The van der Waals surface area contributed by atoms with Crippen molar-refractivity contribution >= 4 is 65.4 Å². The van der Waals surface area contributed by atoms with E-state index in [1.54, 1.807) is 0 Å². The second-order valence-electron chi connectivity index (χ2n) is 13.9. The molecule has 0 fully saturated rings. The minimum absolute atomic E-state index is 0.607. The third-order valence-electron chi connectivity index (χ3n) is 11.1. The Morgan fingerprint density at radius 1 is 0.364 bits per heavy atom. The molecule has 0 aliphatic heterocycles. The Morgan fingerprint density at radius 3 is 1.51 bits per heavy atom. The van der Waals surface area contributed by atoms with E-state index in [0.29, 0.717) is 11.1 Å². The molecule has 0 N–H and O–H groups in total. The van der Waals surface area contributed by atoms with E-state index in [1.165, 1.54) is 10.8 Å². The largest absolute Gasteiger partial charge is 0.309 e. The molecule has 3 heterocycles. The highest BCUT2D eigenvalue weighted by Crippen LogP contribution is 2.40. The van der Waals surface area contributed by atoms with E-state index in [2.05, 4.69) is 165 Å². The second kappa shape index (κ2) is 11.8. The number of nitriles is 2. The van der Waals surface area contributed by atoms with E-state index in [1.807, 2.05) is 36.4 Å². The van der Waals surface area contributed by atoms with Crippen molar-refractivity contribution in [1.29, 1.82) is 10.5 Å². The Bertz CT molecular complexity index is 3400. The van der Waals surface area contributed by atoms with Gasteiger partial charge in [0.25, 0.3) is 0 Å². The molecule has 254 valence electrons. The van der Waals surface area contributed by atoms with Gasteiger partial charge in [0.1, 0.15) is 6.07 Å². The molecule has 11 aromatic rings. The van der Waals surface area contributed by atoms with E-state index < -0.39 is 0 Å². The summed E-state index contributed by atoms with van der Waals surface area (Å²) in [6, 6.07) is 65.9. The van der Waals surface area contributed by atoms with Crippen LogP contribution >= 0.6 is 0 Å². The van der Waals surface area contributed by atoms with Crippen LogP contribution < -0.4 is 0 Å². The Kier molecular flexibility index (Phi) is 6.61. The Labute approximate surface area is 316 Å². The van der Waals surface area contributed by atoms with Crippen LogP contribution in [0, 0.1) is 22.7 Å². The summed E-state index contributed by atoms with van der Waals surface area (Å²) < 4.78 is 6.81. The fourth-order valence-electron chi connectivity index (χ4n) is 8.82. The normalized spacial score (nSPS) is 11.6. The van der Waals surface area contributed by atoms with Gasteiger partial charge in [-0.25, -0.2) is 0 Å². The number of para-hydroxylation sites is 4. The fraction of sp³-hybridized carbons (Fsp3) is 0. The molecule has 55 heavy (non-hydrogen) atoms. The predicted octanol–water partition coefficient (Wildman–Crippen LogP) is 12.4. The SMILES string of the molecule is N#Cc1c(-c2ccc(-n3c4ccccc4c4c(C#N)cccc43)cc2)cccc1-n1c2ccccc2c2ccc(-n3c4ccccc4c4ccccc43)cc21. The summed E-state index contributed by atoms with van der Waals surface area (Å²) >= 11 is 0. The van der Waals surface area contributed by atoms with Crippen molar-refractivity contribution < 1.29 is 0 Å². The maximum Gasteiger partial charge on any atom is 0.102 e. The lowest BCUT2D eigenvalue weighted by molar-refractivity contribution is 1.15. The van der Waals surface area contributed by atoms with Crippen molar-refractivity contribution in [2.45, 2.75) is 0 Å². The van der Waals surface area contributed by atoms with E-state index in [-0.39, 0.29) is 0 Å². The van der Waals surface area contributed by atoms with Gasteiger partial charge in [0, 0.05) is 49.3 Å². The lowest BCUT2D eigenvalue weighted by atomic mass is 9.98. The molecule has 0 unspecified atom stereocenters. The third kappa shape index (κ3) is 4.39. The van der Waals surface area contributed by atoms with E-state index in [4.69, 9.17) is 0 Å². The van der Waals surface area contributed by atoms with Crippen molar-refractivity contribution in [3.63, 3.8) is 0 Å². The molecule has 0 spiro atoms. The molecule has 0 saturated heterocycles. The van der Waals surface area contributed by atoms with Gasteiger partial charge in [0.05, 0.1) is 56.0 Å². The van der Waals surface area contributed by atoms with Crippen molar-refractivity contribution in [3.8, 4) is 40.3 Å². The van der Waals surface area contributed by atoms with Gasteiger partial charge in [-0.1, -0.05) is 109 Å². The standard InChI is InChI=1S/C50H29N5/c51-30-33-11-9-22-48-50(33)41-15-4-8-20-46(41)53(48)34-25-23-32(24-26-34)36-16-10-21-47(42(36)31-52)55-45-19-7-3-14-39(45)40-28-27-35(29-49(40)55)54-43-17-5-1-12-37(43)38-13-2-6-18-44(38)54/h1-29H. The zero-order valence-corrected chi connectivity index (χ0v) is 29.5. The van der Waals surface area contributed by atoms with E-state index in [0.717, 1.165) is 82.8 Å². The highest BCUT2D eigenvalue weighted by Gasteiger charge is 2.20. The molecule has 5 heteroatoms. The van der Waals surface area contributed by atoms with Gasteiger partial charge in [0.2, 0.25) is 0 Å². The van der Waals surface area contributed by atoms with Crippen LogP contribution in [0.15, 0.2) is 176 Å². The Balaban J connectivity index is 1.10. The number of nitrogens with zero attached hydrogens (tertiary/aromatic N) is 5. The molecule has 0 radical (unpaired) electrons. The summed E-state index contributed by atoms with van der Waals surface area (Å²) in [5, 5.41) is 27.6. The maximum atomic E-state index is 10.9. The highest BCUT2D eigenvalue weighted by molar-refractivity contribution is 6.13. The molecule has 0 bridgehead atoms. The first-order valence-corrected chi connectivity index (χ1v) is 18.3. The maximum absolute atomic E-state index is 10.9. The van der Waals surface area contributed by atoms with Crippen LogP contribution in [0.1, 0.15) is 11.1 Å². The molecule has 3 aromatic heterocycles. The summed E-state index contributed by atoms with van der Waals surface area (Å²) in [6.07, 6.45) is 0. The molecule has 0 aliphatic rings. The van der Waals surface area contributed by atoms with E-state index in [9.17, 15) is 10.5 Å². The summed E-state index contributed by atoms with van der Waals surface area (Å²) in [4.78, 5) is 0. The Hall–Kier alpha value is -7.86. The number of fused-ring (bicyclic) bond motifs is 9. The van der Waals surface area contributed by atoms with Crippen molar-refractivity contribution in [1.82, 2.24) is 13.7 Å². The second-order valence-corrected chi connectivity index (χ2v) is 13.9. The first-order valence-electron chi connectivity index (χ1n) is 18.3. The lowest BCUT2D eigenvalue weighted by Gasteiger charge is -2.15. The smallest absolute Gasteiger partial charge is 0.102 e. The van der Waals surface area contributed by atoms with Gasteiger partial charge in [-0.3, -0.25) is 0 Å². The number of rotatable bonds is 4. The molecular weight excluding hydrogens is 671 g/mol. The average molecular weight is 700 g/mol. The zero-order valence-electron chi connectivity index (χ0n) is 29.5. The molecule has 0 atom stereocenters. The molecular formula is C50H29N5. The minimum atomic E-state index is 0.607. The highest BCUT2D eigenvalue weighted by atomic mass is 15.0. The first kappa shape index (κ1) is 30.7. The topological polar surface area (TPSA) is 62.4 Å². The molecule has 0 amide bonds. The number of hydrogen-bond acceptors (Lipinski definition) is 2. The van der Waals surface area contributed by atoms with Crippen LogP contribution in [0.5, 0.6) is 0 Å². The Morgan fingerprint density at radius 2 is 0.873 bits per heavy atom. The number of benzene rings is 8. The minimum Gasteiger partial charge on any atom is -0.309 e. The van der Waals surface area contributed by atoms with Crippen LogP contribution in [0.25, 0.3) is 93.6 Å². The van der Waals surface area contributed by atoms with Crippen LogP contribution in [0.4, 0.5) is 0 Å². The molecule has 11 rings (SSSR count). The summed E-state index contributed by atoms with van der Waals surface area (Å²) in [7, 11) is 0. The quantitative estimate of drug-likeness (QED) is 0.184. The van der Waals surface area contributed by atoms with Crippen LogP contribution in [-0.4, -0.2) is 13.7 Å². The predicted molar refractivity (Wildman–Crippen MR) is 224 cm³/mol. The van der Waals surface area contributed by atoms with Crippen LogP contribution in [0.3, 0.4) is 0 Å². The van der Waals surface area contributed by atoms with Crippen molar-refractivity contribution in [2.24, 2.45) is 0 Å². The lowest BCUT2D eigenvalue weighted by Crippen LogP contribution is -2.01. The fourth-order valence-corrected chi connectivity index (χ4v) is 8.82. The van der Waals surface area contributed by atoms with Gasteiger partial charge in [-0.2, -0.15) is 10.5 Å². The summed E-state index contributed by atoms with van der Waals surface area (Å²) in [6.45, 7) is 0. The number of hydrogen-bond donors (Lipinski definition) is 0. The first-order chi connectivity index (χ1) is 27.2. The van der Waals surface area contributed by atoms with Crippen LogP contribution in [-0.2, 0) is 0 Å². The van der Waals surface area contributed by atoms with Gasteiger partial charge in [-0.05, 0) is 72.3 Å². The molecule has 8 aromatic carbocycles. The van der Waals surface area contributed by atoms with Gasteiger partial charge < -0.3 is 13.7 Å². The third-order valence-corrected chi connectivity index (χ3v) is 11.1. The molecule has 0 saturated carbocycles. The molecule has 5 nitrogen and oxygen atoms in total. The number of aromatic nitrogens is 3. The zero-order chi connectivity index (χ0) is 36.6. The monoisotopic (exact) mass is 699 g/mol. The summed E-state index contributed by atoms with van der Waals surface area (Å²) in [5.74, 6) is 0. The van der Waals surface area contributed by atoms with Gasteiger partial charge >= 0.3 is 0 Å². The average Bonchev–Trinajstić information content (AvgIpc) is 3.89. The van der Waals surface area contributed by atoms with Gasteiger partial charge in [0.15, 0.2) is 0 Å². The van der Waals surface area contributed by atoms with Crippen molar-refractivity contribution in [2.75, 3.05) is 0 Å². The molecule has 0 aliphatic carbocycles. The van der Waals surface area contributed by atoms with Crippen molar-refractivity contribution in [3.05, 3.63) is 187 Å². The van der Waals surface area contributed by atoms with Crippen LogP contribution in [0.2, 0.25) is 0 Å². The van der Waals surface area contributed by atoms with Gasteiger partial charge in [-0.15, -0.1) is 0 Å². The summed E-state index contributed by atoms with van der Waals surface area (Å²) in [5.41, 5.74) is 12.4. The van der Waals surface area contributed by atoms with E-state index >= 15 is 0 Å².